The number of hydrogen-bond acceptors (Lipinski definition) is 2. The molecule has 1 aliphatic heterocycles. The first-order valence-electron chi connectivity index (χ1n) is 7.34. The van der Waals surface area contributed by atoms with Gasteiger partial charge in [-0.2, -0.15) is 0 Å². The van der Waals surface area contributed by atoms with E-state index in [9.17, 15) is 9.59 Å². The van der Waals surface area contributed by atoms with Gasteiger partial charge in [-0.05, 0) is 32.1 Å². The fraction of sp³-hybridized carbons (Fsp3) is 0.857. The maximum atomic E-state index is 12.1. The zero-order chi connectivity index (χ0) is 12.5. The monoisotopic (exact) mass is 250 g/mol. The summed E-state index contributed by atoms with van der Waals surface area (Å²) in [7, 11) is 0. The van der Waals surface area contributed by atoms with Crippen LogP contribution in [0.25, 0.3) is 0 Å². The standard InChI is InChI=1S/C14H22N2O2/c17-13-8-10(9-16(13)12-6-3-7-12)14(18)15-11-4-1-2-5-11/h10-12H,1-9H2,(H,15,18). The molecule has 1 saturated heterocycles. The van der Waals surface area contributed by atoms with Gasteiger partial charge in [0.05, 0.1) is 5.92 Å². The second kappa shape index (κ2) is 4.90. The third-order valence-corrected chi connectivity index (χ3v) is 4.75. The summed E-state index contributed by atoms with van der Waals surface area (Å²) in [5.74, 6) is 0.196. The second-order valence-corrected chi connectivity index (χ2v) is 6.02. The van der Waals surface area contributed by atoms with Crippen LogP contribution in [0.3, 0.4) is 0 Å². The van der Waals surface area contributed by atoms with E-state index in [1.807, 2.05) is 4.90 Å². The summed E-state index contributed by atoms with van der Waals surface area (Å²) in [6.45, 7) is 0.655. The van der Waals surface area contributed by atoms with Crippen molar-refractivity contribution >= 4 is 11.8 Å². The molecule has 1 N–H and O–H groups in total. The third-order valence-electron chi connectivity index (χ3n) is 4.75. The van der Waals surface area contributed by atoms with Crippen LogP contribution in [0.1, 0.15) is 51.4 Å². The maximum Gasteiger partial charge on any atom is 0.225 e. The maximum absolute atomic E-state index is 12.1. The van der Waals surface area contributed by atoms with Crippen molar-refractivity contribution in [2.75, 3.05) is 6.54 Å². The Bertz CT molecular complexity index is 346. The van der Waals surface area contributed by atoms with E-state index in [0.29, 0.717) is 25.0 Å². The second-order valence-electron chi connectivity index (χ2n) is 6.02. The van der Waals surface area contributed by atoms with Crippen LogP contribution in [0.2, 0.25) is 0 Å². The van der Waals surface area contributed by atoms with Gasteiger partial charge in [0.2, 0.25) is 11.8 Å². The summed E-state index contributed by atoms with van der Waals surface area (Å²) in [4.78, 5) is 26.0. The Morgan fingerprint density at radius 3 is 2.44 bits per heavy atom. The summed E-state index contributed by atoms with van der Waals surface area (Å²) in [5, 5.41) is 3.12. The van der Waals surface area contributed by atoms with Gasteiger partial charge in [0.15, 0.2) is 0 Å². The van der Waals surface area contributed by atoms with E-state index in [4.69, 9.17) is 0 Å². The lowest BCUT2D eigenvalue weighted by atomic mass is 9.92. The summed E-state index contributed by atoms with van der Waals surface area (Å²) >= 11 is 0. The molecule has 3 fully saturated rings. The Balaban J connectivity index is 1.53. The number of rotatable bonds is 3. The highest BCUT2D eigenvalue weighted by Gasteiger charge is 2.40. The molecule has 1 heterocycles. The van der Waals surface area contributed by atoms with Gasteiger partial charge in [0, 0.05) is 25.0 Å². The van der Waals surface area contributed by atoms with Crippen molar-refractivity contribution in [3.05, 3.63) is 0 Å². The minimum absolute atomic E-state index is 0.0984. The lowest BCUT2D eigenvalue weighted by Gasteiger charge is -2.34. The predicted molar refractivity (Wildman–Crippen MR) is 67.9 cm³/mol. The number of nitrogens with zero attached hydrogens (tertiary/aromatic N) is 1. The third kappa shape index (κ3) is 2.25. The van der Waals surface area contributed by atoms with Crippen molar-refractivity contribution in [1.29, 1.82) is 0 Å². The molecule has 4 heteroatoms. The first-order valence-corrected chi connectivity index (χ1v) is 7.34. The minimum atomic E-state index is -0.0984. The van der Waals surface area contributed by atoms with E-state index in [0.717, 1.165) is 25.7 Å². The minimum Gasteiger partial charge on any atom is -0.353 e. The fourth-order valence-corrected chi connectivity index (χ4v) is 3.35. The van der Waals surface area contributed by atoms with Crippen molar-refractivity contribution in [1.82, 2.24) is 10.2 Å². The predicted octanol–water partition coefficient (Wildman–Crippen LogP) is 1.45. The SMILES string of the molecule is O=C(NC1CCCC1)C1CC(=O)N(C2CCC2)C1. The molecule has 2 saturated carbocycles. The van der Waals surface area contributed by atoms with E-state index in [1.165, 1.54) is 19.3 Å². The molecule has 3 rings (SSSR count). The van der Waals surface area contributed by atoms with E-state index < -0.39 is 0 Å². The van der Waals surface area contributed by atoms with Crippen LogP contribution < -0.4 is 5.32 Å². The van der Waals surface area contributed by atoms with E-state index in [1.54, 1.807) is 0 Å². The highest BCUT2D eigenvalue weighted by molar-refractivity contribution is 5.89. The van der Waals surface area contributed by atoms with E-state index >= 15 is 0 Å². The molecular weight excluding hydrogens is 228 g/mol. The van der Waals surface area contributed by atoms with Crippen LogP contribution in [0.5, 0.6) is 0 Å². The topological polar surface area (TPSA) is 49.4 Å². The van der Waals surface area contributed by atoms with Crippen LogP contribution in [-0.4, -0.2) is 35.3 Å². The van der Waals surface area contributed by atoms with Crippen molar-refractivity contribution in [3.63, 3.8) is 0 Å². The number of likely N-dealkylation sites (tertiary alicyclic amines) is 1. The normalized spacial score (nSPS) is 29.7. The molecule has 0 radical (unpaired) electrons. The first-order chi connectivity index (χ1) is 8.74. The van der Waals surface area contributed by atoms with Crippen LogP contribution in [0.15, 0.2) is 0 Å². The summed E-state index contributed by atoms with van der Waals surface area (Å²) in [6, 6.07) is 0.798. The molecule has 4 nitrogen and oxygen atoms in total. The molecule has 1 atom stereocenters. The Morgan fingerprint density at radius 2 is 1.83 bits per heavy atom. The molecule has 0 spiro atoms. The average molecular weight is 250 g/mol. The molecule has 0 aromatic carbocycles. The molecule has 18 heavy (non-hydrogen) atoms. The van der Waals surface area contributed by atoms with Crippen molar-refractivity contribution < 1.29 is 9.59 Å². The number of nitrogens with one attached hydrogen (secondary N) is 1. The van der Waals surface area contributed by atoms with Gasteiger partial charge < -0.3 is 10.2 Å². The molecule has 100 valence electrons. The number of amides is 2. The average Bonchev–Trinajstić information content (AvgIpc) is 2.87. The van der Waals surface area contributed by atoms with E-state index in [-0.39, 0.29) is 17.7 Å². The Morgan fingerprint density at radius 1 is 1.11 bits per heavy atom. The lowest BCUT2D eigenvalue weighted by molar-refractivity contribution is -0.131. The number of carbonyl (C=O) groups is 2. The Labute approximate surface area is 108 Å². The van der Waals surface area contributed by atoms with Crippen LogP contribution >= 0.6 is 0 Å². The van der Waals surface area contributed by atoms with Gasteiger partial charge in [0.1, 0.15) is 0 Å². The molecule has 2 amide bonds. The highest BCUT2D eigenvalue weighted by Crippen LogP contribution is 2.31. The largest absolute Gasteiger partial charge is 0.353 e. The smallest absolute Gasteiger partial charge is 0.225 e. The van der Waals surface area contributed by atoms with Crippen LogP contribution in [-0.2, 0) is 9.59 Å². The van der Waals surface area contributed by atoms with Gasteiger partial charge in [-0.3, -0.25) is 9.59 Å². The van der Waals surface area contributed by atoms with E-state index in [2.05, 4.69) is 5.32 Å². The first kappa shape index (κ1) is 12.0. The molecular formula is C14H22N2O2. The van der Waals surface area contributed by atoms with Crippen molar-refractivity contribution in [3.8, 4) is 0 Å². The van der Waals surface area contributed by atoms with Gasteiger partial charge in [0.25, 0.3) is 0 Å². The molecule has 0 aromatic rings. The lowest BCUT2D eigenvalue weighted by Crippen LogP contribution is -2.42. The summed E-state index contributed by atoms with van der Waals surface area (Å²) < 4.78 is 0. The molecule has 1 unspecified atom stereocenters. The zero-order valence-electron chi connectivity index (χ0n) is 10.9. The van der Waals surface area contributed by atoms with Gasteiger partial charge >= 0.3 is 0 Å². The summed E-state index contributed by atoms with van der Waals surface area (Å²) in [5.41, 5.74) is 0. The van der Waals surface area contributed by atoms with Gasteiger partial charge in [-0.1, -0.05) is 12.8 Å². The van der Waals surface area contributed by atoms with Crippen molar-refractivity contribution in [2.45, 2.75) is 63.5 Å². The molecule has 0 aromatic heterocycles. The number of hydrogen-bond donors (Lipinski definition) is 1. The van der Waals surface area contributed by atoms with Gasteiger partial charge in [-0.15, -0.1) is 0 Å². The Hall–Kier alpha value is -1.06. The summed E-state index contributed by atoms with van der Waals surface area (Å²) in [6.07, 6.45) is 8.58. The highest BCUT2D eigenvalue weighted by atomic mass is 16.2. The Kier molecular flexibility index (Phi) is 3.27. The van der Waals surface area contributed by atoms with Crippen LogP contribution in [0, 0.1) is 5.92 Å². The molecule has 0 bridgehead atoms. The zero-order valence-corrected chi connectivity index (χ0v) is 10.9. The molecule has 3 aliphatic rings. The van der Waals surface area contributed by atoms with Crippen LogP contribution in [0.4, 0.5) is 0 Å². The quantitative estimate of drug-likeness (QED) is 0.824. The number of carbonyl (C=O) groups excluding carboxylic acids is 2. The fourth-order valence-electron chi connectivity index (χ4n) is 3.35. The van der Waals surface area contributed by atoms with Crippen molar-refractivity contribution in [2.24, 2.45) is 5.92 Å². The molecule has 2 aliphatic carbocycles. The van der Waals surface area contributed by atoms with Gasteiger partial charge in [-0.25, -0.2) is 0 Å².